The summed E-state index contributed by atoms with van der Waals surface area (Å²) in [5.41, 5.74) is 1.37. The fourth-order valence-corrected chi connectivity index (χ4v) is 5.91. The van der Waals surface area contributed by atoms with Gasteiger partial charge in [0.05, 0.1) is 19.2 Å². The van der Waals surface area contributed by atoms with Crippen LogP contribution in [0.3, 0.4) is 0 Å². The summed E-state index contributed by atoms with van der Waals surface area (Å²) in [6.07, 6.45) is -9.79. The Hall–Kier alpha value is -3.84. The molecular formula is C33H26F6Si. The quantitative estimate of drug-likeness (QED) is 0.150. The van der Waals surface area contributed by atoms with Gasteiger partial charge in [0.15, 0.2) is 0 Å². The van der Waals surface area contributed by atoms with E-state index in [1.807, 2.05) is 18.2 Å². The first kappa shape index (κ1) is 27.7. The Morgan fingerprint density at radius 2 is 0.775 bits per heavy atom. The predicted octanol–water partition coefficient (Wildman–Crippen LogP) is 10.4. The van der Waals surface area contributed by atoms with Crippen molar-refractivity contribution < 1.29 is 26.3 Å². The molecule has 0 saturated carbocycles. The zero-order valence-corrected chi connectivity index (χ0v) is 23.1. The Balaban J connectivity index is 1.47. The second-order valence-corrected chi connectivity index (χ2v) is 16.1. The van der Waals surface area contributed by atoms with Gasteiger partial charge in [-0.15, -0.1) is 0 Å². The van der Waals surface area contributed by atoms with E-state index < -0.39 is 31.6 Å². The third-order valence-corrected chi connectivity index (χ3v) is 9.13. The number of benzene rings is 5. The van der Waals surface area contributed by atoms with Gasteiger partial charge in [0.25, 0.3) is 0 Å². The molecular weight excluding hydrogens is 538 g/mol. The minimum absolute atomic E-state index is 0.141. The summed E-state index contributed by atoms with van der Waals surface area (Å²) in [4.78, 5) is 0. The molecule has 0 nitrogen and oxygen atoms in total. The van der Waals surface area contributed by atoms with Crippen LogP contribution in [0.4, 0.5) is 26.3 Å². The topological polar surface area (TPSA) is 0 Å². The van der Waals surface area contributed by atoms with Crippen molar-refractivity contribution in [3.05, 3.63) is 114 Å². The Labute approximate surface area is 229 Å². The Morgan fingerprint density at radius 3 is 1.18 bits per heavy atom. The van der Waals surface area contributed by atoms with E-state index in [9.17, 15) is 26.3 Å². The zero-order chi connectivity index (χ0) is 28.9. The molecule has 0 aliphatic rings. The maximum absolute atomic E-state index is 13.3. The van der Waals surface area contributed by atoms with Crippen LogP contribution in [-0.2, 0) is 12.4 Å². The van der Waals surface area contributed by atoms with Gasteiger partial charge in [-0.1, -0.05) is 97.6 Å². The third-order valence-electron chi connectivity index (χ3n) is 7.06. The molecule has 40 heavy (non-hydrogen) atoms. The fourth-order valence-electron chi connectivity index (χ4n) is 4.75. The van der Waals surface area contributed by atoms with E-state index in [1.54, 1.807) is 24.3 Å². The van der Waals surface area contributed by atoms with Crippen LogP contribution < -0.4 is 5.19 Å². The molecule has 5 aromatic carbocycles. The molecule has 0 unspecified atom stereocenters. The van der Waals surface area contributed by atoms with Crippen molar-refractivity contribution >= 4 is 24.0 Å². The molecule has 0 spiro atoms. The highest BCUT2D eigenvalue weighted by Crippen LogP contribution is 2.39. The van der Waals surface area contributed by atoms with Gasteiger partial charge in [0.1, 0.15) is 0 Å². The summed E-state index contributed by atoms with van der Waals surface area (Å²) in [7, 11) is -1.39. The molecule has 0 N–H and O–H groups in total. The average molecular weight is 565 g/mol. The number of hydrogen-bond acceptors (Lipinski definition) is 0. The Morgan fingerprint density at radius 1 is 0.400 bits per heavy atom. The van der Waals surface area contributed by atoms with Crippen molar-refractivity contribution in [2.24, 2.45) is 0 Å². The van der Waals surface area contributed by atoms with Crippen molar-refractivity contribution in [3.8, 4) is 33.4 Å². The second-order valence-electron chi connectivity index (χ2n) is 11.0. The molecule has 7 heteroatoms. The number of rotatable bonds is 4. The summed E-state index contributed by atoms with van der Waals surface area (Å²) in [6, 6.07) is 29.1. The number of fused-ring (bicyclic) bond motifs is 1. The Kier molecular flexibility index (Phi) is 6.90. The van der Waals surface area contributed by atoms with Crippen LogP contribution >= 0.6 is 0 Å². The molecule has 0 saturated heterocycles. The molecule has 0 aromatic heterocycles. The molecule has 0 aliphatic heterocycles. The largest absolute Gasteiger partial charge is 0.416 e. The van der Waals surface area contributed by atoms with E-state index in [0.29, 0.717) is 0 Å². The van der Waals surface area contributed by atoms with Crippen molar-refractivity contribution in [2.45, 2.75) is 32.0 Å². The first-order valence-corrected chi connectivity index (χ1v) is 16.2. The van der Waals surface area contributed by atoms with Gasteiger partial charge in [-0.05, 0) is 74.5 Å². The lowest BCUT2D eigenvalue weighted by molar-refractivity contribution is -0.143. The highest BCUT2D eigenvalue weighted by molar-refractivity contribution is 6.88. The van der Waals surface area contributed by atoms with E-state index in [4.69, 9.17) is 0 Å². The summed E-state index contributed by atoms with van der Waals surface area (Å²) >= 11 is 0. The van der Waals surface area contributed by atoms with Crippen LogP contribution in [0.1, 0.15) is 11.1 Å². The lowest BCUT2D eigenvalue weighted by Gasteiger charge is -2.17. The van der Waals surface area contributed by atoms with Gasteiger partial charge in [-0.2, -0.15) is 26.3 Å². The first-order chi connectivity index (χ1) is 18.7. The number of hydrogen-bond donors (Lipinski definition) is 0. The van der Waals surface area contributed by atoms with Crippen LogP contribution in [0.2, 0.25) is 19.6 Å². The molecule has 0 heterocycles. The van der Waals surface area contributed by atoms with Gasteiger partial charge in [-0.3, -0.25) is 0 Å². The fraction of sp³-hybridized carbons (Fsp3) is 0.152. The van der Waals surface area contributed by atoms with Crippen molar-refractivity contribution in [2.75, 3.05) is 0 Å². The smallest absolute Gasteiger partial charge is 0.166 e. The minimum Gasteiger partial charge on any atom is -0.166 e. The molecule has 0 fully saturated rings. The van der Waals surface area contributed by atoms with Crippen LogP contribution in [0.5, 0.6) is 0 Å². The predicted molar refractivity (Wildman–Crippen MR) is 153 cm³/mol. The van der Waals surface area contributed by atoms with E-state index in [0.717, 1.165) is 45.2 Å². The maximum Gasteiger partial charge on any atom is 0.416 e. The van der Waals surface area contributed by atoms with Gasteiger partial charge in [-0.25, -0.2) is 0 Å². The number of alkyl halides is 6. The van der Waals surface area contributed by atoms with Gasteiger partial charge in [0, 0.05) is 0 Å². The van der Waals surface area contributed by atoms with E-state index in [1.165, 1.54) is 5.19 Å². The van der Waals surface area contributed by atoms with E-state index >= 15 is 0 Å². The highest BCUT2D eigenvalue weighted by Gasteiger charge is 2.37. The summed E-state index contributed by atoms with van der Waals surface area (Å²) in [5, 5.41) is 3.48. The van der Waals surface area contributed by atoms with Crippen LogP contribution in [0.15, 0.2) is 103 Å². The van der Waals surface area contributed by atoms with Crippen molar-refractivity contribution in [3.63, 3.8) is 0 Å². The lowest BCUT2D eigenvalue weighted by atomic mass is 9.95. The molecule has 5 rings (SSSR count). The monoisotopic (exact) mass is 564 g/mol. The third kappa shape index (κ3) is 5.84. The summed E-state index contributed by atoms with van der Waals surface area (Å²) in [6.45, 7) is 6.93. The van der Waals surface area contributed by atoms with E-state index in [-0.39, 0.29) is 17.2 Å². The average Bonchev–Trinajstić information content (AvgIpc) is 2.91. The van der Waals surface area contributed by atoms with Crippen LogP contribution in [0, 0.1) is 0 Å². The number of halogens is 6. The molecule has 5 aromatic rings. The van der Waals surface area contributed by atoms with Crippen LogP contribution in [0.25, 0.3) is 44.2 Å². The van der Waals surface area contributed by atoms with E-state index in [2.05, 4.69) is 62.1 Å². The SMILES string of the molecule is C[Si](C)(C)c1ccc(-c2ccc3ccc(-c4ccc(-c5cc(C(F)(F)F)cc(C(F)(F)F)c5)cc4)cc3c2)cc1. The Bertz CT molecular complexity index is 1640. The molecule has 0 bridgehead atoms. The molecule has 0 atom stereocenters. The first-order valence-electron chi connectivity index (χ1n) is 12.7. The molecule has 0 amide bonds. The maximum atomic E-state index is 13.3. The standard InChI is InChI=1S/C33H26F6Si/c1-40(2,3)31-14-12-22(13-15-31)26-11-9-23-8-10-25(16-27(23)17-26)21-4-6-24(7-5-21)28-18-29(32(34,35)36)20-30(19-28)33(37,38)39/h4-20H,1-3H3. The second kappa shape index (κ2) is 9.97. The van der Waals surface area contributed by atoms with Gasteiger partial charge in [0.2, 0.25) is 0 Å². The normalized spacial score (nSPS) is 12.6. The summed E-state index contributed by atoms with van der Waals surface area (Å²) in [5.74, 6) is 0. The lowest BCUT2D eigenvalue weighted by Crippen LogP contribution is -2.37. The van der Waals surface area contributed by atoms with Crippen molar-refractivity contribution in [1.82, 2.24) is 0 Å². The van der Waals surface area contributed by atoms with Gasteiger partial charge < -0.3 is 0 Å². The summed E-state index contributed by atoms with van der Waals surface area (Å²) < 4.78 is 79.8. The zero-order valence-electron chi connectivity index (χ0n) is 22.1. The molecule has 0 radical (unpaired) electrons. The molecule has 204 valence electrons. The minimum atomic E-state index is -4.89. The highest BCUT2D eigenvalue weighted by atomic mass is 28.3. The van der Waals surface area contributed by atoms with Gasteiger partial charge >= 0.3 is 12.4 Å². The van der Waals surface area contributed by atoms with Crippen molar-refractivity contribution in [1.29, 1.82) is 0 Å². The van der Waals surface area contributed by atoms with Crippen LogP contribution in [-0.4, -0.2) is 8.07 Å². The molecule has 0 aliphatic carbocycles.